The number of benzene rings is 2. The lowest BCUT2D eigenvalue weighted by Crippen LogP contribution is -2.32. The number of hydrogen-bond donors (Lipinski definition) is 3. The summed E-state index contributed by atoms with van der Waals surface area (Å²) in [5, 5.41) is 18.8. The van der Waals surface area contributed by atoms with Crippen LogP contribution in [0.5, 0.6) is 0 Å². The standard InChI is InChI=1S/C21H23NO3S/c22-20(13-24)15-26-21(19-10-11-25-14-19,17-4-2-1-3-5-17)18-8-6-16(12-23)7-9-18/h1-11,14,20,23-24H,12-13,15,22H2/t20-,21?/m1/s1. The molecule has 0 aliphatic rings. The van der Waals surface area contributed by atoms with Crippen LogP contribution in [0.2, 0.25) is 0 Å². The Bertz CT molecular complexity index is 790. The average Bonchev–Trinajstić information content (AvgIpc) is 3.24. The molecule has 2 aromatic carbocycles. The van der Waals surface area contributed by atoms with Gasteiger partial charge in [-0.05, 0) is 22.8 Å². The average molecular weight is 369 g/mol. The summed E-state index contributed by atoms with van der Waals surface area (Å²) in [7, 11) is 0. The Morgan fingerprint density at radius 1 is 0.923 bits per heavy atom. The zero-order valence-electron chi connectivity index (χ0n) is 14.4. The summed E-state index contributed by atoms with van der Waals surface area (Å²) in [6, 6.07) is 19.8. The van der Waals surface area contributed by atoms with Crippen molar-refractivity contribution in [1.29, 1.82) is 0 Å². The third-order valence-corrected chi connectivity index (χ3v) is 6.13. The van der Waals surface area contributed by atoms with Crippen LogP contribution in [-0.4, -0.2) is 28.6 Å². The predicted octanol–water partition coefficient (Wildman–Crippen LogP) is 3.12. The van der Waals surface area contributed by atoms with Crippen molar-refractivity contribution < 1.29 is 14.6 Å². The molecule has 2 atom stereocenters. The molecule has 5 heteroatoms. The van der Waals surface area contributed by atoms with Crippen LogP contribution in [0.25, 0.3) is 0 Å². The largest absolute Gasteiger partial charge is 0.472 e. The third-order valence-electron chi connectivity index (χ3n) is 4.40. The van der Waals surface area contributed by atoms with Gasteiger partial charge in [-0.2, -0.15) is 0 Å². The number of hydrogen-bond acceptors (Lipinski definition) is 5. The summed E-state index contributed by atoms with van der Waals surface area (Å²) in [5.41, 5.74) is 10.1. The molecule has 0 saturated carbocycles. The van der Waals surface area contributed by atoms with E-state index in [2.05, 4.69) is 12.1 Å². The van der Waals surface area contributed by atoms with Crippen LogP contribution >= 0.6 is 11.8 Å². The Morgan fingerprint density at radius 2 is 1.62 bits per heavy atom. The normalized spacial score (nSPS) is 14.7. The maximum Gasteiger partial charge on any atom is 0.0955 e. The van der Waals surface area contributed by atoms with E-state index in [-0.39, 0.29) is 19.3 Å². The van der Waals surface area contributed by atoms with Gasteiger partial charge in [0.05, 0.1) is 30.5 Å². The highest BCUT2D eigenvalue weighted by Crippen LogP contribution is 2.48. The number of aliphatic hydroxyl groups is 2. The van der Waals surface area contributed by atoms with Crippen LogP contribution in [-0.2, 0) is 11.4 Å². The summed E-state index contributed by atoms with van der Waals surface area (Å²) in [5.74, 6) is 0.582. The molecule has 0 bridgehead atoms. The van der Waals surface area contributed by atoms with Gasteiger partial charge in [0, 0.05) is 17.4 Å². The van der Waals surface area contributed by atoms with Crippen molar-refractivity contribution in [1.82, 2.24) is 0 Å². The molecule has 3 rings (SSSR count). The maximum atomic E-state index is 9.39. The van der Waals surface area contributed by atoms with Crippen molar-refractivity contribution in [2.45, 2.75) is 17.4 Å². The van der Waals surface area contributed by atoms with Crippen LogP contribution in [0.4, 0.5) is 0 Å². The van der Waals surface area contributed by atoms with Crippen molar-refractivity contribution in [3.63, 3.8) is 0 Å². The molecule has 136 valence electrons. The Hall–Kier alpha value is -2.05. The van der Waals surface area contributed by atoms with E-state index in [1.807, 2.05) is 48.5 Å². The number of rotatable bonds is 8. The SMILES string of the molecule is N[C@H](CO)CSC(c1ccccc1)(c1ccc(CO)cc1)c1ccoc1. The van der Waals surface area contributed by atoms with Gasteiger partial charge in [-0.15, -0.1) is 11.8 Å². The third kappa shape index (κ3) is 3.71. The molecule has 1 aromatic heterocycles. The summed E-state index contributed by atoms with van der Waals surface area (Å²) in [4.78, 5) is 0. The second-order valence-corrected chi connectivity index (χ2v) is 7.40. The van der Waals surface area contributed by atoms with Crippen LogP contribution in [0.3, 0.4) is 0 Å². The summed E-state index contributed by atoms with van der Waals surface area (Å²) in [6.45, 7) is -0.0560. The molecule has 1 unspecified atom stereocenters. The van der Waals surface area contributed by atoms with Gasteiger partial charge in [-0.25, -0.2) is 0 Å². The van der Waals surface area contributed by atoms with Gasteiger partial charge >= 0.3 is 0 Å². The molecular weight excluding hydrogens is 346 g/mol. The van der Waals surface area contributed by atoms with E-state index in [4.69, 9.17) is 10.2 Å². The number of thioether (sulfide) groups is 1. The molecule has 0 amide bonds. The highest BCUT2D eigenvalue weighted by Gasteiger charge is 2.38. The summed E-state index contributed by atoms with van der Waals surface area (Å²) < 4.78 is 4.89. The molecule has 4 nitrogen and oxygen atoms in total. The molecule has 0 fully saturated rings. The number of nitrogens with two attached hydrogens (primary N) is 1. The summed E-state index contributed by atoms with van der Waals surface area (Å²) >= 11 is 1.67. The van der Waals surface area contributed by atoms with E-state index in [0.717, 1.165) is 22.3 Å². The molecule has 0 radical (unpaired) electrons. The van der Waals surface area contributed by atoms with E-state index >= 15 is 0 Å². The van der Waals surface area contributed by atoms with Gasteiger partial charge in [-0.1, -0.05) is 54.6 Å². The predicted molar refractivity (Wildman–Crippen MR) is 105 cm³/mol. The highest BCUT2D eigenvalue weighted by atomic mass is 32.2. The minimum absolute atomic E-state index is 0.00680. The van der Waals surface area contributed by atoms with Gasteiger partial charge in [0.2, 0.25) is 0 Å². The Morgan fingerprint density at radius 3 is 2.19 bits per heavy atom. The fourth-order valence-electron chi connectivity index (χ4n) is 3.02. The van der Waals surface area contributed by atoms with E-state index in [9.17, 15) is 10.2 Å². The van der Waals surface area contributed by atoms with Crippen LogP contribution in [0, 0.1) is 0 Å². The van der Waals surface area contributed by atoms with Crippen molar-refractivity contribution in [3.05, 3.63) is 95.4 Å². The Balaban J connectivity index is 2.16. The lowest BCUT2D eigenvalue weighted by molar-refractivity contribution is 0.275. The minimum Gasteiger partial charge on any atom is -0.472 e. The lowest BCUT2D eigenvalue weighted by atomic mass is 9.85. The molecule has 3 aromatic rings. The van der Waals surface area contributed by atoms with Gasteiger partial charge in [0.1, 0.15) is 0 Å². The smallest absolute Gasteiger partial charge is 0.0955 e. The Kier molecular flexibility index (Phi) is 6.16. The van der Waals surface area contributed by atoms with Crippen molar-refractivity contribution in [2.24, 2.45) is 5.73 Å². The second kappa shape index (κ2) is 8.56. The van der Waals surface area contributed by atoms with Crippen molar-refractivity contribution in [2.75, 3.05) is 12.4 Å². The maximum absolute atomic E-state index is 9.39. The van der Waals surface area contributed by atoms with Crippen molar-refractivity contribution in [3.8, 4) is 0 Å². The Labute approximate surface area is 157 Å². The molecule has 0 aliphatic heterocycles. The first-order valence-electron chi connectivity index (χ1n) is 8.49. The van der Waals surface area contributed by atoms with Gasteiger partial charge in [0.25, 0.3) is 0 Å². The van der Waals surface area contributed by atoms with Gasteiger partial charge in [-0.3, -0.25) is 0 Å². The number of aliphatic hydroxyl groups excluding tert-OH is 2. The van der Waals surface area contributed by atoms with E-state index < -0.39 is 4.75 Å². The fraction of sp³-hybridized carbons (Fsp3) is 0.238. The second-order valence-electron chi connectivity index (χ2n) is 6.17. The molecule has 0 saturated heterocycles. The molecule has 0 aliphatic carbocycles. The quantitative estimate of drug-likeness (QED) is 0.568. The summed E-state index contributed by atoms with van der Waals surface area (Å²) in [6.07, 6.45) is 3.42. The zero-order valence-corrected chi connectivity index (χ0v) is 15.2. The topological polar surface area (TPSA) is 79.6 Å². The van der Waals surface area contributed by atoms with Gasteiger partial charge < -0.3 is 20.4 Å². The zero-order chi connectivity index (χ0) is 18.4. The van der Waals surface area contributed by atoms with E-state index in [0.29, 0.717) is 5.75 Å². The van der Waals surface area contributed by atoms with Crippen LogP contribution in [0.15, 0.2) is 77.6 Å². The molecular formula is C21H23NO3S. The van der Waals surface area contributed by atoms with E-state index in [1.165, 1.54) is 0 Å². The first kappa shape index (κ1) is 18.7. The molecule has 26 heavy (non-hydrogen) atoms. The van der Waals surface area contributed by atoms with Gasteiger partial charge in [0.15, 0.2) is 0 Å². The van der Waals surface area contributed by atoms with Crippen LogP contribution in [0.1, 0.15) is 22.3 Å². The molecule has 4 N–H and O–H groups in total. The molecule has 1 heterocycles. The first-order valence-corrected chi connectivity index (χ1v) is 9.48. The number of furan rings is 1. The minimum atomic E-state index is -0.519. The monoisotopic (exact) mass is 369 g/mol. The van der Waals surface area contributed by atoms with Crippen molar-refractivity contribution >= 4 is 11.8 Å². The highest BCUT2D eigenvalue weighted by molar-refractivity contribution is 8.00. The lowest BCUT2D eigenvalue weighted by Gasteiger charge is -2.35. The molecule has 0 spiro atoms. The van der Waals surface area contributed by atoms with Crippen LogP contribution < -0.4 is 5.73 Å². The first-order chi connectivity index (χ1) is 12.7. The fourth-order valence-corrected chi connectivity index (χ4v) is 4.48. The van der Waals surface area contributed by atoms with E-state index in [1.54, 1.807) is 24.3 Å².